The van der Waals surface area contributed by atoms with Gasteiger partial charge in [0.05, 0.1) is 5.75 Å². The van der Waals surface area contributed by atoms with Crippen LogP contribution in [0.15, 0.2) is 77.8 Å². The van der Waals surface area contributed by atoms with Crippen LogP contribution in [-0.2, 0) is 11.2 Å². The van der Waals surface area contributed by atoms with Crippen molar-refractivity contribution in [3.63, 3.8) is 0 Å². The van der Waals surface area contributed by atoms with Crippen LogP contribution in [0.1, 0.15) is 5.56 Å². The molecule has 0 atom stereocenters. The predicted molar refractivity (Wildman–Crippen MR) is 110 cm³/mol. The molecular formula is C21H19N5OS. The fourth-order valence-electron chi connectivity index (χ4n) is 2.80. The zero-order valence-corrected chi connectivity index (χ0v) is 16.0. The Morgan fingerprint density at radius 1 is 0.929 bits per heavy atom. The number of rotatable bonds is 7. The Kier molecular flexibility index (Phi) is 5.63. The second-order valence-corrected chi connectivity index (χ2v) is 7.20. The number of amides is 1. The van der Waals surface area contributed by atoms with E-state index in [4.69, 9.17) is 0 Å². The fraction of sp³-hybridized carbons (Fsp3) is 0.143. The van der Waals surface area contributed by atoms with Gasteiger partial charge >= 0.3 is 0 Å². The highest BCUT2D eigenvalue weighted by Crippen LogP contribution is 2.20. The lowest BCUT2D eigenvalue weighted by atomic mass is 10.1. The predicted octanol–water partition coefficient (Wildman–Crippen LogP) is 3.24. The molecule has 1 N–H and O–H groups in total. The third-order valence-electron chi connectivity index (χ3n) is 4.20. The third kappa shape index (κ3) is 4.37. The number of carbonyl (C=O) groups is 1. The van der Waals surface area contributed by atoms with E-state index in [0.717, 1.165) is 17.0 Å². The first-order chi connectivity index (χ1) is 13.8. The molecule has 28 heavy (non-hydrogen) atoms. The Labute approximate surface area is 167 Å². The molecule has 4 aromatic rings. The van der Waals surface area contributed by atoms with E-state index < -0.39 is 0 Å². The Morgan fingerprint density at radius 2 is 1.68 bits per heavy atom. The molecule has 0 fully saturated rings. The summed E-state index contributed by atoms with van der Waals surface area (Å²) in [6.45, 7) is 0.624. The standard InChI is InChI=1S/C21H19N5OS/c27-19(22-14-13-16-7-3-1-4-8-16)15-28-20-12-11-18-23-24-21(26(18)25-20)17-9-5-2-6-10-17/h1-12H,13-15H2,(H,22,27). The summed E-state index contributed by atoms with van der Waals surface area (Å²) in [5, 5.41) is 16.7. The first kappa shape index (κ1) is 18.2. The number of hydrogen-bond acceptors (Lipinski definition) is 5. The monoisotopic (exact) mass is 389 g/mol. The van der Waals surface area contributed by atoms with Crippen molar-refractivity contribution in [3.05, 3.63) is 78.4 Å². The lowest BCUT2D eigenvalue weighted by Crippen LogP contribution is -2.27. The number of benzene rings is 2. The van der Waals surface area contributed by atoms with E-state index >= 15 is 0 Å². The average molecular weight is 389 g/mol. The first-order valence-electron chi connectivity index (χ1n) is 9.01. The molecule has 2 aromatic carbocycles. The summed E-state index contributed by atoms with van der Waals surface area (Å²) in [5.41, 5.74) is 2.84. The van der Waals surface area contributed by atoms with Crippen LogP contribution < -0.4 is 5.32 Å². The fourth-order valence-corrected chi connectivity index (χ4v) is 3.48. The van der Waals surface area contributed by atoms with E-state index in [9.17, 15) is 4.79 Å². The van der Waals surface area contributed by atoms with Gasteiger partial charge in [-0.25, -0.2) is 0 Å². The zero-order chi connectivity index (χ0) is 19.2. The van der Waals surface area contributed by atoms with Crippen LogP contribution >= 0.6 is 11.8 Å². The third-order valence-corrected chi connectivity index (χ3v) is 5.12. The minimum absolute atomic E-state index is 0.00475. The van der Waals surface area contributed by atoms with Gasteiger partial charge < -0.3 is 5.32 Å². The van der Waals surface area contributed by atoms with Gasteiger partial charge in [0.15, 0.2) is 11.5 Å². The Bertz CT molecular complexity index is 1070. The van der Waals surface area contributed by atoms with Crippen LogP contribution in [-0.4, -0.2) is 38.0 Å². The second-order valence-electron chi connectivity index (χ2n) is 6.21. The molecule has 4 rings (SSSR count). The molecular weight excluding hydrogens is 370 g/mol. The molecule has 2 aromatic heterocycles. The quantitative estimate of drug-likeness (QED) is 0.491. The van der Waals surface area contributed by atoms with Gasteiger partial charge in [-0.05, 0) is 24.1 Å². The highest BCUT2D eigenvalue weighted by atomic mass is 32.2. The number of nitrogens with zero attached hydrogens (tertiary/aromatic N) is 4. The highest BCUT2D eigenvalue weighted by Gasteiger charge is 2.11. The topological polar surface area (TPSA) is 72.2 Å². The number of hydrogen-bond donors (Lipinski definition) is 1. The van der Waals surface area contributed by atoms with Gasteiger partial charge in [-0.1, -0.05) is 72.4 Å². The van der Waals surface area contributed by atoms with E-state index in [2.05, 4.69) is 32.7 Å². The maximum absolute atomic E-state index is 12.1. The molecule has 0 spiro atoms. The van der Waals surface area contributed by atoms with Crippen molar-refractivity contribution in [2.24, 2.45) is 0 Å². The minimum Gasteiger partial charge on any atom is -0.355 e. The van der Waals surface area contributed by atoms with Gasteiger partial charge in [0.2, 0.25) is 5.91 Å². The first-order valence-corrected chi connectivity index (χ1v) is 9.99. The maximum Gasteiger partial charge on any atom is 0.230 e. The van der Waals surface area contributed by atoms with E-state index in [1.165, 1.54) is 17.3 Å². The average Bonchev–Trinajstić information content (AvgIpc) is 3.17. The largest absolute Gasteiger partial charge is 0.355 e. The van der Waals surface area contributed by atoms with Crippen LogP contribution in [0.2, 0.25) is 0 Å². The van der Waals surface area contributed by atoms with Crippen molar-refractivity contribution in [2.45, 2.75) is 11.4 Å². The second kappa shape index (κ2) is 8.67. The molecule has 1 amide bonds. The summed E-state index contributed by atoms with van der Waals surface area (Å²) in [6.07, 6.45) is 0.822. The van der Waals surface area contributed by atoms with Crippen molar-refractivity contribution < 1.29 is 4.79 Å². The molecule has 0 aliphatic carbocycles. The van der Waals surface area contributed by atoms with Crippen molar-refractivity contribution in [3.8, 4) is 11.4 Å². The number of aromatic nitrogens is 4. The normalized spacial score (nSPS) is 10.9. The van der Waals surface area contributed by atoms with Crippen LogP contribution in [0.3, 0.4) is 0 Å². The Morgan fingerprint density at radius 3 is 2.46 bits per heavy atom. The molecule has 0 bridgehead atoms. The van der Waals surface area contributed by atoms with E-state index in [1.54, 1.807) is 4.52 Å². The van der Waals surface area contributed by atoms with Crippen molar-refractivity contribution >= 4 is 23.3 Å². The molecule has 0 aliphatic heterocycles. The Hall–Kier alpha value is -3.19. The molecule has 7 heteroatoms. The molecule has 0 aliphatic rings. The van der Waals surface area contributed by atoms with Crippen molar-refractivity contribution in [1.29, 1.82) is 0 Å². The van der Waals surface area contributed by atoms with Gasteiger partial charge in [-0.2, -0.15) is 9.61 Å². The van der Waals surface area contributed by atoms with E-state index in [-0.39, 0.29) is 5.91 Å². The zero-order valence-electron chi connectivity index (χ0n) is 15.2. The number of thioether (sulfide) groups is 1. The summed E-state index contributed by atoms with van der Waals surface area (Å²) in [5.74, 6) is 0.996. The van der Waals surface area contributed by atoms with Gasteiger partial charge in [0.1, 0.15) is 5.03 Å². The molecule has 0 radical (unpaired) electrons. The summed E-state index contributed by atoms with van der Waals surface area (Å²) >= 11 is 1.40. The molecule has 0 saturated carbocycles. The lowest BCUT2D eigenvalue weighted by molar-refractivity contribution is -0.118. The summed E-state index contributed by atoms with van der Waals surface area (Å²) in [6, 6.07) is 23.6. The molecule has 6 nitrogen and oxygen atoms in total. The highest BCUT2D eigenvalue weighted by molar-refractivity contribution is 7.99. The van der Waals surface area contributed by atoms with Gasteiger partial charge in [0.25, 0.3) is 0 Å². The maximum atomic E-state index is 12.1. The number of fused-ring (bicyclic) bond motifs is 1. The van der Waals surface area contributed by atoms with Crippen LogP contribution in [0.4, 0.5) is 0 Å². The smallest absolute Gasteiger partial charge is 0.230 e. The minimum atomic E-state index is -0.00475. The molecule has 0 saturated heterocycles. The SMILES string of the molecule is O=C(CSc1ccc2nnc(-c3ccccc3)n2n1)NCCc1ccccc1. The van der Waals surface area contributed by atoms with Gasteiger partial charge in [0, 0.05) is 12.1 Å². The van der Waals surface area contributed by atoms with Crippen LogP contribution in [0.5, 0.6) is 0 Å². The Balaban J connectivity index is 1.36. The van der Waals surface area contributed by atoms with Gasteiger partial charge in [-0.15, -0.1) is 10.2 Å². The molecule has 2 heterocycles. The van der Waals surface area contributed by atoms with E-state index in [1.807, 2.05) is 60.7 Å². The number of carbonyl (C=O) groups excluding carboxylic acids is 1. The summed E-state index contributed by atoms with van der Waals surface area (Å²) < 4.78 is 1.71. The molecule has 0 unspecified atom stereocenters. The van der Waals surface area contributed by atoms with Crippen LogP contribution in [0.25, 0.3) is 17.0 Å². The lowest BCUT2D eigenvalue weighted by Gasteiger charge is -2.06. The van der Waals surface area contributed by atoms with Gasteiger partial charge in [-0.3, -0.25) is 4.79 Å². The summed E-state index contributed by atoms with van der Waals surface area (Å²) in [7, 11) is 0. The van der Waals surface area contributed by atoms with E-state index in [0.29, 0.717) is 23.8 Å². The summed E-state index contributed by atoms with van der Waals surface area (Å²) in [4.78, 5) is 12.1. The number of nitrogens with one attached hydrogen (secondary N) is 1. The van der Waals surface area contributed by atoms with Crippen LogP contribution in [0, 0.1) is 0 Å². The van der Waals surface area contributed by atoms with Crippen molar-refractivity contribution in [2.75, 3.05) is 12.3 Å². The molecule has 140 valence electrons. The van der Waals surface area contributed by atoms with Crippen molar-refractivity contribution in [1.82, 2.24) is 25.1 Å².